The van der Waals surface area contributed by atoms with Gasteiger partial charge in [0.25, 0.3) is 0 Å². The highest BCUT2D eigenvalue weighted by Gasteiger charge is 2.30. The third-order valence-corrected chi connectivity index (χ3v) is 7.20. The summed E-state index contributed by atoms with van der Waals surface area (Å²) in [4.78, 5) is 19.7. The molecule has 30 heavy (non-hydrogen) atoms. The monoisotopic (exact) mass is 430 g/mol. The van der Waals surface area contributed by atoms with Crippen LogP contribution in [0.25, 0.3) is 0 Å². The molecule has 0 bridgehead atoms. The van der Waals surface area contributed by atoms with Gasteiger partial charge in [0.2, 0.25) is 5.91 Å². The molecule has 1 aliphatic heterocycles. The number of thioether (sulfide) groups is 1. The molecule has 1 aromatic carbocycles. The zero-order chi connectivity index (χ0) is 21.3. The zero-order valence-electron chi connectivity index (χ0n) is 18.8. The van der Waals surface area contributed by atoms with Crippen LogP contribution in [0.4, 0.5) is 0 Å². The van der Waals surface area contributed by atoms with Gasteiger partial charge in [0.15, 0.2) is 5.96 Å². The molecule has 1 unspecified atom stereocenters. The smallest absolute Gasteiger partial charge is 0.225 e. The van der Waals surface area contributed by atoms with E-state index in [2.05, 4.69) is 60.6 Å². The van der Waals surface area contributed by atoms with Crippen molar-refractivity contribution in [2.45, 2.75) is 58.4 Å². The van der Waals surface area contributed by atoms with Gasteiger partial charge in [0, 0.05) is 55.6 Å². The van der Waals surface area contributed by atoms with Gasteiger partial charge < -0.3 is 15.5 Å². The quantitative estimate of drug-likeness (QED) is 0.533. The van der Waals surface area contributed by atoms with Gasteiger partial charge in [-0.15, -0.1) is 0 Å². The molecule has 1 atom stereocenters. The minimum Gasteiger partial charge on any atom is -0.357 e. The Morgan fingerprint density at radius 2 is 1.83 bits per heavy atom. The number of nitrogens with one attached hydrogen (secondary N) is 2. The first-order valence-corrected chi connectivity index (χ1v) is 12.7. The van der Waals surface area contributed by atoms with Crippen LogP contribution in [0.2, 0.25) is 0 Å². The molecule has 0 spiro atoms. The first-order chi connectivity index (χ1) is 14.6. The topological polar surface area (TPSA) is 56.7 Å². The van der Waals surface area contributed by atoms with Crippen molar-refractivity contribution in [2.75, 3.05) is 37.7 Å². The third-order valence-electron chi connectivity index (χ3n) is 6.25. The fourth-order valence-corrected chi connectivity index (χ4v) is 5.17. The normalized spacial score (nSPS) is 23.7. The van der Waals surface area contributed by atoms with E-state index in [-0.39, 0.29) is 5.92 Å². The van der Waals surface area contributed by atoms with Gasteiger partial charge >= 0.3 is 0 Å². The number of hydrogen-bond donors (Lipinski definition) is 2. The molecule has 3 rings (SSSR count). The summed E-state index contributed by atoms with van der Waals surface area (Å²) in [5, 5.41) is 7.02. The van der Waals surface area contributed by atoms with Crippen molar-refractivity contribution in [3.05, 3.63) is 35.4 Å². The minimum atomic E-state index is 0.215. The van der Waals surface area contributed by atoms with E-state index in [0.29, 0.717) is 17.9 Å². The van der Waals surface area contributed by atoms with Crippen LogP contribution in [0.1, 0.15) is 56.6 Å². The summed E-state index contributed by atoms with van der Waals surface area (Å²) in [5.74, 6) is 4.07. The molecule has 0 radical (unpaired) electrons. The summed E-state index contributed by atoms with van der Waals surface area (Å²) >= 11 is 1.96. The molecule has 6 heteroatoms. The number of carbonyl (C=O) groups is 1. The fourth-order valence-electron chi connectivity index (χ4n) is 4.27. The summed E-state index contributed by atoms with van der Waals surface area (Å²) in [7, 11) is 0. The summed E-state index contributed by atoms with van der Waals surface area (Å²) in [5.41, 5.74) is 2.62. The summed E-state index contributed by atoms with van der Waals surface area (Å²) < 4.78 is 0. The van der Waals surface area contributed by atoms with Crippen LogP contribution in [0.5, 0.6) is 0 Å². The Morgan fingerprint density at radius 1 is 1.17 bits per heavy atom. The summed E-state index contributed by atoms with van der Waals surface area (Å²) in [6.45, 7) is 9.93. The first-order valence-electron chi connectivity index (χ1n) is 11.5. The number of guanidine groups is 1. The summed E-state index contributed by atoms with van der Waals surface area (Å²) in [6, 6.07) is 9.14. The predicted octanol–water partition coefficient (Wildman–Crippen LogP) is 3.79. The van der Waals surface area contributed by atoms with Crippen molar-refractivity contribution in [2.24, 2.45) is 10.9 Å². The average molecular weight is 431 g/mol. The number of hydrogen-bond acceptors (Lipinski definition) is 3. The Bertz CT molecular complexity index is 692. The Kier molecular flexibility index (Phi) is 8.91. The predicted molar refractivity (Wildman–Crippen MR) is 128 cm³/mol. The van der Waals surface area contributed by atoms with Gasteiger partial charge in [-0.05, 0) is 45.1 Å². The lowest BCUT2D eigenvalue weighted by Gasteiger charge is -2.34. The Labute approximate surface area is 186 Å². The van der Waals surface area contributed by atoms with E-state index in [1.165, 1.54) is 11.1 Å². The molecule has 2 aliphatic rings. The van der Waals surface area contributed by atoms with E-state index >= 15 is 0 Å². The fraction of sp³-hybridized carbons (Fsp3) is 0.667. The molecule has 1 saturated carbocycles. The molecule has 1 saturated heterocycles. The highest BCUT2D eigenvalue weighted by Crippen LogP contribution is 2.27. The number of benzene rings is 1. The maximum absolute atomic E-state index is 12.8. The van der Waals surface area contributed by atoms with E-state index in [0.717, 1.165) is 69.3 Å². The molecule has 2 fully saturated rings. The number of aryl methyl sites for hydroxylation is 1. The van der Waals surface area contributed by atoms with Crippen LogP contribution in [-0.2, 0) is 4.79 Å². The van der Waals surface area contributed by atoms with E-state index < -0.39 is 0 Å². The number of amides is 1. The number of rotatable bonds is 6. The maximum atomic E-state index is 12.8. The van der Waals surface area contributed by atoms with Crippen LogP contribution in [-0.4, -0.2) is 60.5 Å². The second-order valence-electron chi connectivity index (χ2n) is 8.66. The van der Waals surface area contributed by atoms with Crippen molar-refractivity contribution >= 4 is 23.6 Å². The molecule has 0 aromatic heterocycles. The van der Waals surface area contributed by atoms with Crippen LogP contribution in [0.15, 0.2) is 29.3 Å². The molecular formula is C24H38N4OS. The molecule has 1 aromatic rings. The lowest BCUT2D eigenvalue weighted by Crippen LogP contribution is -2.47. The van der Waals surface area contributed by atoms with E-state index in [1.807, 2.05) is 11.8 Å². The standard InChI is InChI=1S/C24H38N4OS/c1-4-25-24(26-17-19(3)20-7-5-18(2)6-8-20)27-22-11-9-21(10-12-22)23(29)28-13-15-30-16-14-28/h5-8,19,21-22H,4,9-17H2,1-3H3,(H2,25,26,27). The van der Waals surface area contributed by atoms with Crippen molar-refractivity contribution < 1.29 is 4.79 Å². The van der Waals surface area contributed by atoms with Crippen LogP contribution >= 0.6 is 11.8 Å². The van der Waals surface area contributed by atoms with Crippen molar-refractivity contribution in [3.63, 3.8) is 0 Å². The Morgan fingerprint density at radius 3 is 2.47 bits per heavy atom. The highest BCUT2D eigenvalue weighted by atomic mass is 32.2. The van der Waals surface area contributed by atoms with Gasteiger partial charge in [-0.2, -0.15) is 11.8 Å². The van der Waals surface area contributed by atoms with Crippen molar-refractivity contribution in [1.29, 1.82) is 0 Å². The molecule has 5 nitrogen and oxygen atoms in total. The first kappa shape index (κ1) is 23.0. The third kappa shape index (κ3) is 6.66. The largest absolute Gasteiger partial charge is 0.357 e. The van der Waals surface area contributed by atoms with E-state index in [9.17, 15) is 4.79 Å². The van der Waals surface area contributed by atoms with Crippen LogP contribution in [0, 0.1) is 12.8 Å². The molecule has 166 valence electrons. The second-order valence-corrected chi connectivity index (χ2v) is 9.89. The van der Waals surface area contributed by atoms with Crippen molar-refractivity contribution in [3.8, 4) is 0 Å². The van der Waals surface area contributed by atoms with Crippen molar-refractivity contribution in [1.82, 2.24) is 15.5 Å². The lowest BCUT2D eigenvalue weighted by atomic mass is 9.85. The van der Waals surface area contributed by atoms with Gasteiger partial charge in [0.1, 0.15) is 0 Å². The van der Waals surface area contributed by atoms with Gasteiger partial charge in [0.05, 0.1) is 0 Å². The average Bonchev–Trinajstić information content (AvgIpc) is 2.78. The SMILES string of the molecule is CCNC(=NCC(C)c1ccc(C)cc1)NC1CCC(C(=O)N2CCSCC2)CC1. The Hall–Kier alpha value is -1.69. The van der Waals surface area contributed by atoms with E-state index in [4.69, 9.17) is 4.99 Å². The van der Waals surface area contributed by atoms with Gasteiger partial charge in [-0.3, -0.25) is 9.79 Å². The van der Waals surface area contributed by atoms with Gasteiger partial charge in [-0.25, -0.2) is 0 Å². The highest BCUT2D eigenvalue weighted by molar-refractivity contribution is 7.99. The number of aliphatic imine (C=N–C) groups is 1. The van der Waals surface area contributed by atoms with Crippen LogP contribution < -0.4 is 10.6 Å². The molecule has 1 amide bonds. The molecule has 2 N–H and O–H groups in total. The zero-order valence-corrected chi connectivity index (χ0v) is 19.6. The number of nitrogens with zero attached hydrogens (tertiary/aromatic N) is 2. The second kappa shape index (κ2) is 11.6. The summed E-state index contributed by atoms with van der Waals surface area (Å²) in [6.07, 6.45) is 4.05. The molecule has 1 aliphatic carbocycles. The lowest BCUT2D eigenvalue weighted by molar-refractivity contribution is -0.136. The molecule has 1 heterocycles. The Balaban J connectivity index is 1.48. The van der Waals surface area contributed by atoms with Crippen LogP contribution in [0.3, 0.4) is 0 Å². The maximum Gasteiger partial charge on any atom is 0.225 e. The van der Waals surface area contributed by atoms with Gasteiger partial charge in [-0.1, -0.05) is 36.8 Å². The molecular weight excluding hydrogens is 392 g/mol. The number of carbonyl (C=O) groups excluding carboxylic acids is 1. The minimum absolute atomic E-state index is 0.215. The van der Waals surface area contributed by atoms with E-state index in [1.54, 1.807) is 0 Å².